The Labute approximate surface area is 215 Å². The summed E-state index contributed by atoms with van der Waals surface area (Å²) in [6, 6.07) is 12.5. The first-order chi connectivity index (χ1) is 17.7. The molecule has 3 aliphatic heterocycles. The van der Waals surface area contributed by atoms with E-state index in [-0.39, 0.29) is 5.91 Å². The lowest BCUT2D eigenvalue weighted by molar-refractivity contribution is -0.113. The van der Waals surface area contributed by atoms with Gasteiger partial charge in [0.2, 0.25) is 0 Å². The highest BCUT2D eigenvalue weighted by Crippen LogP contribution is 2.31. The number of amides is 1. The average molecular weight is 502 g/mol. The van der Waals surface area contributed by atoms with Crippen LogP contribution >= 0.6 is 11.8 Å². The van der Waals surface area contributed by atoms with Crippen molar-refractivity contribution >= 4 is 40.2 Å². The standard InChI is InChI=1S/C27H31N7OS/c1-2-31-14-16-32(17-15-31)22-9-6-20(7-10-22)23-19-28-25-11-8-21(30-34(23)25)18-24-26(35)29-27(36-24)33-12-4-3-5-13-33/h6-11,18-19H,2-5,12-17H2,1H3. The molecule has 0 saturated carbocycles. The van der Waals surface area contributed by atoms with Gasteiger partial charge in [0.15, 0.2) is 10.8 Å². The first-order valence-corrected chi connectivity index (χ1v) is 13.7. The predicted molar refractivity (Wildman–Crippen MR) is 146 cm³/mol. The lowest BCUT2D eigenvalue weighted by Crippen LogP contribution is -2.46. The zero-order valence-corrected chi connectivity index (χ0v) is 21.5. The second kappa shape index (κ2) is 10.1. The van der Waals surface area contributed by atoms with Gasteiger partial charge < -0.3 is 14.7 Å². The third kappa shape index (κ3) is 4.65. The van der Waals surface area contributed by atoms with Crippen LogP contribution in [-0.4, -0.2) is 81.3 Å². The molecule has 0 N–H and O–H groups in total. The summed E-state index contributed by atoms with van der Waals surface area (Å²) in [5.74, 6) is -0.177. The Bertz CT molecular complexity index is 1320. The fourth-order valence-corrected chi connectivity index (χ4v) is 6.03. The molecule has 0 atom stereocenters. The Morgan fingerprint density at radius 1 is 0.917 bits per heavy atom. The monoisotopic (exact) mass is 501 g/mol. The lowest BCUT2D eigenvalue weighted by Gasteiger charge is -2.35. The van der Waals surface area contributed by atoms with Gasteiger partial charge in [0, 0.05) is 50.5 Å². The Hall–Kier alpha value is -3.17. The van der Waals surface area contributed by atoms with E-state index in [1.165, 1.54) is 23.9 Å². The number of piperidine rings is 1. The largest absolute Gasteiger partial charge is 0.369 e. The van der Waals surface area contributed by atoms with E-state index in [1.54, 1.807) is 0 Å². The number of carbonyl (C=O) groups excluding carboxylic acids is 1. The number of imidazole rings is 1. The van der Waals surface area contributed by atoms with Crippen molar-refractivity contribution in [3.05, 3.63) is 53.2 Å². The van der Waals surface area contributed by atoms with Crippen molar-refractivity contribution in [2.75, 3.05) is 50.7 Å². The molecule has 6 rings (SSSR count). The highest BCUT2D eigenvalue weighted by atomic mass is 32.2. The number of anilines is 1. The summed E-state index contributed by atoms with van der Waals surface area (Å²) in [7, 11) is 0. The molecule has 3 aliphatic rings. The Morgan fingerprint density at radius 3 is 2.44 bits per heavy atom. The summed E-state index contributed by atoms with van der Waals surface area (Å²) < 4.78 is 1.86. The number of likely N-dealkylation sites (tertiary alicyclic amines) is 1. The molecule has 0 radical (unpaired) electrons. The van der Waals surface area contributed by atoms with Gasteiger partial charge in [-0.3, -0.25) is 4.79 Å². The van der Waals surface area contributed by atoms with Gasteiger partial charge in [0.25, 0.3) is 5.91 Å². The second-order valence-corrected chi connectivity index (χ2v) is 10.5. The van der Waals surface area contributed by atoms with Gasteiger partial charge in [-0.2, -0.15) is 10.1 Å². The van der Waals surface area contributed by atoms with Crippen molar-refractivity contribution in [3.63, 3.8) is 0 Å². The van der Waals surface area contributed by atoms with E-state index in [9.17, 15) is 4.79 Å². The van der Waals surface area contributed by atoms with Crippen LogP contribution in [0.5, 0.6) is 0 Å². The number of amidine groups is 1. The molecule has 186 valence electrons. The van der Waals surface area contributed by atoms with Crippen molar-refractivity contribution in [2.24, 2.45) is 4.99 Å². The van der Waals surface area contributed by atoms with Gasteiger partial charge >= 0.3 is 0 Å². The molecule has 36 heavy (non-hydrogen) atoms. The lowest BCUT2D eigenvalue weighted by atomic mass is 10.1. The van der Waals surface area contributed by atoms with Crippen molar-refractivity contribution < 1.29 is 4.79 Å². The summed E-state index contributed by atoms with van der Waals surface area (Å²) in [5.41, 5.74) is 4.75. The van der Waals surface area contributed by atoms with Crippen LogP contribution < -0.4 is 4.90 Å². The maximum Gasteiger partial charge on any atom is 0.286 e. The number of carbonyl (C=O) groups is 1. The first kappa shape index (κ1) is 23.2. The maximum absolute atomic E-state index is 12.6. The van der Waals surface area contributed by atoms with Gasteiger partial charge in [-0.15, -0.1) is 0 Å². The van der Waals surface area contributed by atoms with Crippen molar-refractivity contribution in [2.45, 2.75) is 26.2 Å². The fourth-order valence-electron chi connectivity index (χ4n) is 5.08. The first-order valence-electron chi connectivity index (χ1n) is 12.9. The molecule has 1 aromatic carbocycles. The van der Waals surface area contributed by atoms with Crippen LogP contribution in [-0.2, 0) is 4.79 Å². The molecule has 0 unspecified atom stereocenters. The summed E-state index contributed by atoms with van der Waals surface area (Å²) in [5, 5.41) is 5.63. The number of fused-ring (bicyclic) bond motifs is 1. The smallest absolute Gasteiger partial charge is 0.286 e. The van der Waals surface area contributed by atoms with E-state index in [0.29, 0.717) is 4.91 Å². The van der Waals surface area contributed by atoms with Gasteiger partial charge in [0.05, 0.1) is 22.5 Å². The molecule has 5 heterocycles. The molecule has 0 bridgehead atoms. The third-order valence-corrected chi connectivity index (χ3v) is 8.29. The molecule has 1 amide bonds. The number of rotatable bonds is 4. The normalized spacial score (nSPS) is 20.5. The minimum Gasteiger partial charge on any atom is -0.369 e. The number of benzene rings is 1. The SMILES string of the molecule is CCN1CCN(c2ccc(-c3cnc4ccc(C=C5SC(N6CCCCC6)=NC5=O)nn34)cc2)CC1. The van der Waals surface area contributed by atoms with E-state index in [0.717, 1.165) is 86.4 Å². The van der Waals surface area contributed by atoms with Gasteiger partial charge in [0.1, 0.15) is 0 Å². The Morgan fingerprint density at radius 2 is 1.69 bits per heavy atom. The van der Waals surface area contributed by atoms with Crippen LogP contribution in [0.1, 0.15) is 31.9 Å². The number of piperazine rings is 1. The van der Waals surface area contributed by atoms with Gasteiger partial charge in [-0.05, 0) is 67.9 Å². The topological polar surface area (TPSA) is 69.3 Å². The average Bonchev–Trinajstić information content (AvgIpc) is 3.52. The summed E-state index contributed by atoms with van der Waals surface area (Å²) in [4.78, 5) is 29.2. The van der Waals surface area contributed by atoms with E-state index in [1.807, 2.05) is 28.9 Å². The van der Waals surface area contributed by atoms with Gasteiger partial charge in [-0.1, -0.05) is 19.1 Å². The van der Waals surface area contributed by atoms with E-state index < -0.39 is 0 Å². The molecule has 2 fully saturated rings. The van der Waals surface area contributed by atoms with Crippen LogP contribution in [0.25, 0.3) is 23.0 Å². The van der Waals surface area contributed by atoms with E-state index in [2.05, 4.69) is 55.9 Å². The summed E-state index contributed by atoms with van der Waals surface area (Å²) >= 11 is 1.46. The van der Waals surface area contributed by atoms with Crippen LogP contribution in [0.3, 0.4) is 0 Å². The van der Waals surface area contributed by atoms with E-state index in [4.69, 9.17) is 5.10 Å². The highest BCUT2D eigenvalue weighted by Gasteiger charge is 2.27. The predicted octanol–water partition coefficient (Wildman–Crippen LogP) is 3.99. The van der Waals surface area contributed by atoms with E-state index >= 15 is 0 Å². The van der Waals surface area contributed by atoms with Crippen LogP contribution in [0.15, 0.2) is 52.5 Å². The van der Waals surface area contributed by atoms with Crippen LogP contribution in [0.2, 0.25) is 0 Å². The van der Waals surface area contributed by atoms with Crippen LogP contribution in [0, 0.1) is 0 Å². The third-order valence-electron chi connectivity index (χ3n) is 7.25. The Kier molecular flexibility index (Phi) is 6.50. The molecule has 0 spiro atoms. The number of nitrogens with zero attached hydrogens (tertiary/aromatic N) is 7. The highest BCUT2D eigenvalue weighted by molar-refractivity contribution is 8.18. The molecule has 2 aromatic heterocycles. The number of likely N-dealkylation sites (N-methyl/N-ethyl adjacent to an activating group) is 1. The number of hydrogen-bond donors (Lipinski definition) is 0. The summed E-state index contributed by atoms with van der Waals surface area (Å²) in [6.07, 6.45) is 7.27. The molecule has 2 saturated heterocycles. The zero-order chi connectivity index (χ0) is 24.5. The molecule has 9 heteroatoms. The summed E-state index contributed by atoms with van der Waals surface area (Å²) in [6.45, 7) is 9.63. The van der Waals surface area contributed by atoms with Crippen molar-refractivity contribution in [1.29, 1.82) is 0 Å². The maximum atomic E-state index is 12.6. The fraction of sp³-hybridized carbons (Fsp3) is 0.407. The van der Waals surface area contributed by atoms with Crippen LogP contribution in [0.4, 0.5) is 5.69 Å². The number of aromatic nitrogens is 3. The quantitative estimate of drug-likeness (QED) is 0.501. The minimum absolute atomic E-state index is 0.177. The second-order valence-electron chi connectivity index (χ2n) is 9.50. The van der Waals surface area contributed by atoms with Crippen molar-refractivity contribution in [3.8, 4) is 11.3 Å². The molecular formula is C27H31N7OS. The molecular weight excluding hydrogens is 470 g/mol. The minimum atomic E-state index is -0.177. The molecule has 0 aliphatic carbocycles. The van der Waals surface area contributed by atoms with Gasteiger partial charge in [-0.25, -0.2) is 9.50 Å². The molecule has 8 nitrogen and oxygen atoms in total. The number of hydrogen-bond acceptors (Lipinski definition) is 7. The zero-order valence-electron chi connectivity index (χ0n) is 20.6. The molecule has 3 aromatic rings. The number of aliphatic imine (C=N–C) groups is 1. The van der Waals surface area contributed by atoms with Crippen molar-refractivity contribution in [1.82, 2.24) is 24.4 Å². The Balaban J connectivity index is 1.21. The number of thioether (sulfide) groups is 1.